The lowest BCUT2D eigenvalue weighted by Crippen LogP contribution is -2.35. The van der Waals surface area contributed by atoms with Crippen LogP contribution < -0.4 is 15.8 Å². The summed E-state index contributed by atoms with van der Waals surface area (Å²) in [6.07, 6.45) is 1.61. The smallest absolute Gasteiger partial charge is 0.193 e. The van der Waals surface area contributed by atoms with Gasteiger partial charge in [-0.3, -0.25) is 4.90 Å². The van der Waals surface area contributed by atoms with Gasteiger partial charge in [0, 0.05) is 31.4 Å². The molecule has 27 heavy (non-hydrogen) atoms. The number of anilines is 1. The van der Waals surface area contributed by atoms with Crippen LogP contribution in [0.2, 0.25) is 0 Å². The van der Waals surface area contributed by atoms with E-state index in [1.807, 2.05) is 24.3 Å². The molecule has 0 amide bonds. The van der Waals surface area contributed by atoms with Crippen molar-refractivity contribution < 1.29 is 9.84 Å². The molecule has 4 N–H and O–H groups in total. The van der Waals surface area contributed by atoms with Gasteiger partial charge in [0.2, 0.25) is 0 Å². The maximum atomic E-state index is 9.59. The molecule has 2 aromatic carbocycles. The van der Waals surface area contributed by atoms with Crippen molar-refractivity contribution in [1.82, 2.24) is 4.90 Å². The third-order valence-corrected chi connectivity index (χ3v) is 4.76. The lowest BCUT2D eigenvalue weighted by molar-refractivity contribution is 0.0792. The highest BCUT2D eigenvalue weighted by Gasteiger charge is 2.16. The maximum absolute atomic E-state index is 9.59. The van der Waals surface area contributed by atoms with Crippen molar-refractivity contribution in [2.24, 2.45) is 10.7 Å². The zero-order valence-electron chi connectivity index (χ0n) is 15.8. The fourth-order valence-corrected chi connectivity index (χ4v) is 3.15. The molecular formula is C21H28N4O2. The van der Waals surface area contributed by atoms with Gasteiger partial charge in [0.1, 0.15) is 5.75 Å². The van der Waals surface area contributed by atoms with E-state index in [1.165, 1.54) is 5.56 Å². The zero-order chi connectivity index (χ0) is 19.1. The fraction of sp³-hybridized carbons (Fsp3) is 0.381. The SMILES string of the molecule is COc1cccc(NC(N)=NCc2ccc(CN3CCC(O)CC3)cc2)c1. The van der Waals surface area contributed by atoms with Gasteiger partial charge in [-0.05, 0) is 36.1 Å². The number of likely N-dealkylation sites (tertiary alicyclic amines) is 1. The predicted octanol–water partition coefficient (Wildman–Crippen LogP) is 2.58. The molecule has 0 aromatic heterocycles. The number of hydrogen-bond donors (Lipinski definition) is 3. The minimum atomic E-state index is -0.127. The summed E-state index contributed by atoms with van der Waals surface area (Å²) in [6.45, 7) is 3.37. The van der Waals surface area contributed by atoms with Gasteiger partial charge in [0.25, 0.3) is 0 Å². The van der Waals surface area contributed by atoms with Gasteiger partial charge in [0.15, 0.2) is 5.96 Å². The Morgan fingerprint density at radius 2 is 1.89 bits per heavy atom. The molecule has 6 heteroatoms. The average molecular weight is 368 g/mol. The zero-order valence-corrected chi connectivity index (χ0v) is 15.8. The molecule has 6 nitrogen and oxygen atoms in total. The lowest BCUT2D eigenvalue weighted by atomic mass is 10.1. The fourth-order valence-electron chi connectivity index (χ4n) is 3.15. The summed E-state index contributed by atoms with van der Waals surface area (Å²) in [5.74, 6) is 1.14. The van der Waals surface area contributed by atoms with Crippen LogP contribution in [0.1, 0.15) is 24.0 Å². The van der Waals surface area contributed by atoms with Gasteiger partial charge >= 0.3 is 0 Å². The van der Waals surface area contributed by atoms with Crippen molar-refractivity contribution >= 4 is 11.6 Å². The molecule has 0 bridgehead atoms. The van der Waals surface area contributed by atoms with Crippen LogP contribution in [0.3, 0.4) is 0 Å². The Morgan fingerprint density at radius 1 is 1.19 bits per heavy atom. The van der Waals surface area contributed by atoms with Gasteiger partial charge in [-0.1, -0.05) is 30.3 Å². The van der Waals surface area contributed by atoms with E-state index in [-0.39, 0.29) is 6.10 Å². The molecular weight excluding hydrogens is 340 g/mol. The summed E-state index contributed by atoms with van der Waals surface area (Å²) in [5, 5.41) is 12.7. The quantitative estimate of drug-likeness (QED) is 0.539. The molecule has 1 aliphatic rings. The molecule has 1 fully saturated rings. The van der Waals surface area contributed by atoms with Crippen LogP contribution in [0.25, 0.3) is 0 Å². The first-order valence-electron chi connectivity index (χ1n) is 9.31. The van der Waals surface area contributed by atoms with Crippen LogP contribution >= 0.6 is 0 Å². The Kier molecular flexibility index (Phi) is 6.68. The Balaban J connectivity index is 1.50. The summed E-state index contributed by atoms with van der Waals surface area (Å²) in [7, 11) is 1.63. The van der Waals surface area contributed by atoms with Crippen LogP contribution in [0.15, 0.2) is 53.5 Å². The van der Waals surface area contributed by atoms with Gasteiger partial charge in [-0.2, -0.15) is 0 Å². The summed E-state index contributed by atoms with van der Waals surface area (Å²) in [5.41, 5.74) is 9.22. The number of benzene rings is 2. The Morgan fingerprint density at radius 3 is 2.59 bits per heavy atom. The minimum Gasteiger partial charge on any atom is -0.497 e. The standard InChI is InChI=1S/C21H28N4O2/c1-27-20-4-2-3-18(13-20)24-21(22)23-14-16-5-7-17(8-6-16)15-25-11-9-19(26)10-12-25/h2-8,13,19,26H,9-12,14-15H2,1H3,(H3,22,23,24). The van der Waals surface area contributed by atoms with E-state index in [4.69, 9.17) is 10.5 Å². The third-order valence-electron chi connectivity index (χ3n) is 4.76. The van der Waals surface area contributed by atoms with E-state index < -0.39 is 0 Å². The third kappa shape index (κ3) is 5.98. The Bertz CT molecular complexity index is 753. The Labute approximate surface area is 160 Å². The first-order chi connectivity index (χ1) is 13.1. The molecule has 0 radical (unpaired) electrons. The van der Waals surface area contributed by atoms with E-state index in [2.05, 4.69) is 39.5 Å². The second-order valence-corrected chi connectivity index (χ2v) is 6.88. The normalized spacial score (nSPS) is 16.3. The van der Waals surface area contributed by atoms with E-state index in [0.717, 1.165) is 49.5 Å². The summed E-state index contributed by atoms with van der Waals surface area (Å²) in [6, 6.07) is 16.0. The molecule has 0 unspecified atom stereocenters. The molecule has 2 aromatic rings. The number of nitrogens with two attached hydrogens (primary N) is 1. The number of methoxy groups -OCH3 is 1. The highest BCUT2D eigenvalue weighted by atomic mass is 16.5. The number of piperidine rings is 1. The van der Waals surface area contributed by atoms with Crippen molar-refractivity contribution in [3.8, 4) is 5.75 Å². The predicted molar refractivity (Wildman–Crippen MR) is 109 cm³/mol. The number of hydrogen-bond acceptors (Lipinski definition) is 4. The number of guanidine groups is 1. The number of rotatable bonds is 6. The van der Waals surface area contributed by atoms with Crippen molar-refractivity contribution in [2.45, 2.75) is 32.0 Å². The molecule has 1 aliphatic heterocycles. The summed E-state index contributed by atoms with van der Waals surface area (Å²) < 4.78 is 5.20. The van der Waals surface area contributed by atoms with Gasteiger partial charge in [0.05, 0.1) is 19.8 Å². The second kappa shape index (κ2) is 9.39. The van der Waals surface area contributed by atoms with Crippen LogP contribution in [-0.4, -0.2) is 42.3 Å². The Hall–Kier alpha value is -2.57. The number of nitrogens with zero attached hydrogens (tertiary/aromatic N) is 2. The maximum Gasteiger partial charge on any atom is 0.193 e. The monoisotopic (exact) mass is 368 g/mol. The summed E-state index contributed by atoms with van der Waals surface area (Å²) >= 11 is 0. The molecule has 0 atom stereocenters. The van der Waals surface area contributed by atoms with Gasteiger partial charge in [-0.25, -0.2) is 4.99 Å². The highest BCUT2D eigenvalue weighted by molar-refractivity contribution is 5.92. The van der Waals surface area contributed by atoms with Gasteiger partial charge < -0.3 is 20.9 Å². The second-order valence-electron chi connectivity index (χ2n) is 6.88. The van der Waals surface area contributed by atoms with E-state index in [9.17, 15) is 5.11 Å². The topological polar surface area (TPSA) is 83.1 Å². The van der Waals surface area contributed by atoms with E-state index in [0.29, 0.717) is 12.5 Å². The molecule has 0 spiro atoms. The van der Waals surface area contributed by atoms with Crippen LogP contribution in [0, 0.1) is 0 Å². The van der Waals surface area contributed by atoms with Crippen molar-refractivity contribution in [2.75, 3.05) is 25.5 Å². The van der Waals surface area contributed by atoms with Gasteiger partial charge in [-0.15, -0.1) is 0 Å². The first kappa shape index (κ1) is 19.2. The van der Waals surface area contributed by atoms with Crippen molar-refractivity contribution in [1.29, 1.82) is 0 Å². The van der Waals surface area contributed by atoms with Crippen LogP contribution in [0.5, 0.6) is 5.75 Å². The molecule has 3 rings (SSSR count). The molecule has 0 saturated carbocycles. The van der Waals surface area contributed by atoms with Crippen LogP contribution in [-0.2, 0) is 13.1 Å². The average Bonchev–Trinajstić information content (AvgIpc) is 2.69. The highest BCUT2D eigenvalue weighted by Crippen LogP contribution is 2.17. The number of aliphatic imine (C=N–C) groups is 1. The number of aliphatic hydroxyl groups is 1. The summed E-state index contributed by atoms with van der Waals surface area (Å²) in [4.78, 5) is 6.79. The van der Waals surface area contributed by atoms with E-state index >= 15 is 0 Å². The van der Waals surface area contributed by atoms with Crippen LogP contribution in [0.4, 0.5) is 5.69 Å². The molecule has 1 saturated heterocycles. The minimum absolute atomic E-state index is 0.127. The van der Waals surface area contributed by atoms with Crippen molar-refractivity contribution in [3.63, 3.8) is 0 Å². The number of aliphatic hydroxyl groups excluding tert-OH is 1. The number of nitrogens with one attached hydrogen (secondary N) is 1. The molecule has 0 aliphatic carbocycles. The van der Waals surface area contributed by atoms with E-state index in [1.54, 1.807) is 7.11 Å². The molecule has 1 heterocycles. The largest absolute Gasteiger partial charge is 0.497 e. The lowest BCUT2D eigenvalue weighted by Gasteiger charge is -2.29. The molecule has 144 valence electrons. The first-order valence-corrected chi connectivity index (χ1v) is 9.31. The van der Waals surface area contributed by atoms with Crippen molar-refractivity contribution in [3.05, 3.63) is 59.7 Å². The number of ether oxygens (including phenoxy) is 1.